The average molecular weight is 321 g/mol. The highest BCUT2D eigenvalue weighted by Gasteiger charge is 2.31. The van der Waals surface area contributed by atoms with Gasteiger partial charge in [-0.1, -0.05) is 0 Å². The fourth-order valence-electron chi connectivity index (χ4n) is 3.44. The van der Waals surface area contributed by atoms with Crippen LogP contribution in [0.5, 0.6) is 0 Å². The van der Waals surface area contributed by atoms with E-state index in [1.807, 2.05) is 0 Å². The van der Waals surface area contributed by atoms with Crippen LogP contribution in [0, 0.1) is 11.7 Å². The second-order valence-electron chi connectivity index (χ2n) is 6.18. The smallest absolute Gasteiger partial charge is 0.335 e. The molecule has 0 saturated carbocycles. The first-order valence-electron chi connectivity index (χ1n) is 8.00. The molecule has 1 N–H and O–H groups in total. The number of piperidine rings is 1. The minimum absolute atomic E-state index is 0.0643. The van der Waals surface area contributed by atoms with Crippen molar-refractivity contribution in [3.05, 3.63) is 35.1 Å². The molecule has 1 aromatic carbocycles. The molecule has 0 spiro atoms. The van der Waals surface area contributed by atoms with Crippen molar-refractivity contribution >= 4 is 11.9 Å². The molecule has 2 aliphatic heterocycles. The van der Waals surface area contributed by atoms with Crippen LogP contribution < -0.4 is 0 Å². The number of hydrogen-bond donors (Lipinski definition) is 1. The lowest BCUT2D eigenvalue weighted by molar-refractivity contribution is 0.0289. The molecule has 23 heavy (non-hydrogen) atoms. The van der Waals surface area contributed by atoms with E-state index < -0.39 is 11.8 Å². The molecule has 0 aromatic heterocycles. The summed E-state index contributed by atoms with van der Waals surface area (Å²) in [4.78, 5) is 24.9. The van der Waals surface area contributed by atoms with Crippen LogP contribution in [-0.4, -0.2) is 47.7 Å². The van der Waals surface area contributed by atoms with Gasteiger partial charge in [-0.15, -0.1) is 0 Å². The summed E-state index contributed by atoms with van der Waals surface area (Å²) in [7, 11) is 0. The van der Waals surface area contributed by atoms with E-state index in [0.717, 1.165) is 38.4 Å². The Bertz CT molecular complexity index is 605. The minimum Gasteiger partial charge on any atom is -0.478 e. The molecule has 6 heteroatoms. The summed E-state index contributed by atoms with van der Waals surface area (Å²) in [6, 6.07) is 3.42. The van der Waals surface area contributed by atoms with Gasteiger partial charge in [-0.25, -0.2) is 9.18 Å². The summed E-state index contributed by atoms with van der Waals surface area (Å²) in [6.45, 7) is 2.00. The topological polar surface area (TPSA) is 66.8 Å². The molecule has 1 atom stereocenters. The van der Waals surface area contributed by atoms with E-state index >= 15 is 0 Å². The molecule has 1 amide bonds. The van der Waals surface area contributed by atoms with Gasteiger partial charge in [0.2, 0.25) is 0 Å². The molecule has 124 valence electrons. The van der Waals surface area contributed by atoms with Gasteiger partial charge in [0.15, 0.2) is 0 Å². The highest BCUT2D eigenvalue weighted by atomic mass is 19.1. The number of carboxylic acids is 1. The van der Waals surface area contributed by atoms with E-state index in [-0.39, 0.29) is 17.0 Å². The van der Waals surface area contributed by atoms with Crippen LogP contribution in [0.2, 0.25) is 0 Å². The quantitative estimate of drug-likeness (QED) is 0.929. The molecule has 1 unspecified atom stereocenters. The number of rotatable bonds is 3. The van der Waals surface area contributed by atoms with Crippen LogP contribution in [0.4, 0.5) is 4.39 Å². The summed E-state index contributed by atoms with van der Waals surface area (Å²) in [5.41, 5.74) is -0.221. The molecule has 3 rings (SSSR count). The fraction of sp³-hybridized carbons (Fsp3) is 0.529. The van der Waals surface area contributed by atoms with Gasteiger partial charge < -0.3 is 14.7 Å². The maximum absolute atomic E-state index is 14.0. The van der Waals surface area contributed by atoms with Crippen LogP contribution in [0.15, 0.2) is 18.2 Å². The molecule has 2 saturated heterocycles. The molecule has 2 heterocycles. The monoisotopic (exact) mass is 321 g/mol. The van der Waals surface area contributed by atoms with Gasteiger partial charge in [0.05, 0.1) is 17.2 Å². The van der Waals surface area contributed by atoms with Gasteiger partial charge >= 0.3 is 5.97 Å². The average Bonchev–Trinajstić information content (AvgIpc) is 3.08. The number of benzene rings is 1. The zero-order chi connectivity index (χ0) is 16.4. The Labute approximate surface area is 134 Å². The van der Waals surface area contributed by atoms with Crippen molar-refractivity contribution in [2.45, 2.75) is 31.8 Å². The molecule has 5 nitrogen and oxygen atoms in total. The second-order valence-corrected chi connectivity index (χ2v) is 6.18. The zero-order valence-corrected chi connectivity index (χ0v) is 12.8. The van der Waals surface area contributed by atoms with E-state index in [2.05, 4.69) is 0 Å². The summed E-state index contributed by atoms with van der Waals surface area (Å²) in [6.07, 6.45) is 4.23. The van der Waals surface area contributed by atoms with Crippen molar-refractivity contribution in [1.82, 2.24) is 4.90 Å². The number of carboxylic acid groups (broad SMARTS) is 1. The Morgan fingerprint density at radius 2 is 1.96 bits per heavy atom. The van der Waals surface area contributed by atoms with Gasteiger partial charge in [0, 0.05) is 19.7 Å². The Hall–Kier alpha value is -1.95. The Kier molecular flexibility index (Phi) is 4.61. The molecule has 2 aliphatic rings. The lowest BCUT2D eigenvalue weighted by atomic mass is 9.89. The van der Waals surface area contributed by atoms with Crippen molar-refractivity contribution in [3.63, 3.8) is 0 Å². The predicted octanol–water partition coefficient (Wildman–Crippen LogP) is 2.56. The molecule has 1 aromatic rings. The minimum atomic E-state index is -1.21. The molecule has 0 bridgehead atoms. The number of carbonyl (C=O) groups excluding carboxylic acids is 1. The van der Waals surface area contributed by atoms with Gasteiger partial charge in [0.25, 0.3) is 5.91 Å². The third-order valence-electron chi connectivity index (χ3n) is 4.76. The first-order valence-corrected chi connectivity index (χ1v) is 8.00. The molecule has 0 aliphatic carbocycles. The highest BCUT2D eigenvalue weighted by molar-refractivity contribution is 5.96. The maximum Gasteiger partial charge on any atom is 0.335 e. The van der Waals surface area contributed by atoms with Crippen molar-refractivity contribution < 1.29 is 23.8 Å². The lowest BCUT2D eigenvalue weighted by Gasteiger charge is -2.34. The Morgan fingerprint density at radius 3 is 2.52 bits per heavy atom. The van der Waals surface area contributed by atoms with Gasteiger partial charge in [-0.3, -0.25) is 4.79 Å². The van der Waals surface area contributed by atoms with Crippen LogP contribution in [-0.2, 0) is 4.74 Å². The highest BCUT2D eigenvalue weighted by Crippen LogP contribution is 2.29. The molecular weight excluding hydrogens is 301 g/mol. The predicted molar refractivity (Wildman–Crippen MR) is 81.0 cm³/mol. The van der Waals surface area contributed by atoms with E-state index in [9.17, 15) is 14.0 Å². The van der Waals surface area contributed by atoms with E-state index in [1.165, 1.54) is 12.1 Å². The molecule has 2 fully saturated rings. The largest absolute Gasteiger partial charge is 0.478 e. The normalized spacial score (nSPS) is 22.3. The SMILES string of the molecule is O=C(O)c1ccc(C(=O)N2CCC(C3CCCO3)CC2)c(F)c1. The summed E-state index contributed by atoms with van der Waals surface area (Å²) < 4.78 is 19.7. The van der Waals surface area contributed by atoms with Gasteiger partial charge in [-0.05, 0) is 49.8 Å². The Morgan fingerprint density at radius 1 is 1.22 bits per heavy atom. The third-order valence-corrected chi connectivity index (χ3v) is 4.76. The number of nitrogens with zero attached hydrogens (tertiary/aromatic N) is 1. The maximum atomic E-state index is 14.0. The van der Waals surface area contributed by atoms with Crippen LogP contribution in [0.25, 0.3) is 0 Å². The van der Waals surface area contributed by atoms with Crippen LogP contribution >= 0.6 is 0 Å². The summed E-state index contributed by atoms with van der Waals surface area (Å²) >= 11 is 0. The number of aromatic carboxylic acids is 1. The zero-order valence-electron chi connectivity index (χ0n) is 12.8. The van der Waals surface area contributed by atoms with Crippen molar-refractivity contribution in [1.29, 1.82) is 0 Å². The van der Waals surface area contributed by atoms with Gasteiger partial charge in [-0.2, -0.15) is 0 Å². The number of halogens is 1. The Balaban J connectivity index is 1.64. The number of likely N-dealkylation sites (tertiary alicyclic amines) is 1. The lowest BCUT2D eigenvalue weighted by Crippen LogP contribution is -2.41. The van der Waals surface area contributed by atoms with Crippen LogP contribution in [0.3, 0.4) is 0 Å². The number of hydrogen-bond acceptors (Lipinski definition) is 3. The van der Waals surface area contributed by atoms with E-state index in [0.29, 0.717) is 25.1 Å². The number of ether oxygens (including phenoxy) is 1. The second kappa shape index (κ2) is 6.66. The molecule has 0 radical (unpaired) electrons. The van der Waals surface area contributed by atoms with Crippen molar-refractivity contribution in [2.24, 2.45) is 5.92 Å². The molecular formula is C17H20FNO4. The summed E-state index contributed by atoms with van der Waals surface area (Å²) in [5, 5.41) is 8.85. The van der Waals surface area contributed by atoms with Crippen LogP contribution in [0.1, 0.15) is 46.4 Å². The fourth-order valence-corrected chi connectivity index (χ4v) is 3.44. The standard InChI is InChI=1S/C17H20FNO4/c18-14-10-12(17(21)22)3-4-13(14)16(20)19-7-5-11(6-8-19)15-2-1-9-23-15/h3-4,10-11,15H,1-2,5-9H2,(H,21,22). The first kappa shape index (κ1) is 15.9. The van der Waals surface area contributed by atoms with Gasteiger partial charge in [0.1, 0.15) is 5.82 Å². The summed E-state index contributed by atoms with van der Waals surface area (Å²) in [5.74, 6) is -1.89. The number of amides is 1. The van der Waals surface area contributed by atoms with E-state index in [1.54, 1.807) is 4.90 Å². The first-order chi connectivity index (χ1) is 11.1. The van der Waals surface area contributed by atoms with E-state index in [4.69, 9.17) is 9.84 Å². The van der Waals surface area contributed by atoms with Crippen molar-refractivity contribution in [3.8, 4) is 0 Å². The third kappa shape index (κ3) is 3.37. The number of carbonyl (C=O) groups is 2. The van der Waals surface area contributed by atoms with Crippen molar-refractivity contribution in [2.75, 3.05) is 19.7 Å².